The number of carbonyl (C=O) groups is 3. The van der Waals surface area contributed by atoms with Gasteiger partial charge in [-0.15, -0.1) is 0 Å². The summed E-state index contributed by atoms with van der Waals surface area (Å²) in [7, 11) is 1.59. The van der Waals surface area contributed by atoms with E-state index in [1.165, 1.54) is 47.8 Å². The second kappa shape index (κ2) is 12.5. The van der Waals surface area contributed by atoms with Crippen molar-refractivity contribution in [3.63, 3.8) is 0 Å². The summed E-state index contributed by atoms with van der Waals surface area (Å²) in [5.74, 6) is -1.46. The van der Waals surface area contributed by atoms with Crippen molar-refractivity contribution in [2.24, 2.45) is 5.92 Å². The van der Waals surface area contributed by atoms with Crippen LogP contribution in [-0.2, 0) is 0 Å². The Labute approximate surface area is 231 Å². The fourth-order valence-electron chi connectivity index (χ4n) is 4.27. The lowest BCUT2D eigenvalue weighted by molar-refractivity contribution is 0.0372. The smallest absolute Gasteiger partial charge is 0.321 e. The van der Waals surface area contributed by atoms with Gasteiger partial charge in [-0.05, 0) is 43.3 Å². The number of carbonyl (C=O) groups excluding carboxylic acids is 3. The number of hydrogen-bond donors (Lipinski definition) is 3. The van der Waals surface area contributed by atoms with E-state index in [-0.39, 0.29) is 54.2 Å². The van der Waals surface area contributed by atoms with Crippen molar-refractivity contribution in [2.45, 2.75) is 26.0 Å². The van der Waals surface area contributed by atoms with Crippen molar-refractivity contribution in [2.75, 3.05) is 37.4 Å². The summed E-state index contributed by atoms with van der Waals surface area (Å²) in [6.45, 7) is 3.75. The molecule has 0 radical (unpaired) electrons. The lowest BCUT2D eigenvalue weighted by atomic mass is 9.99. The van der Waals surface area contributed by atoms with Gasteiger partial charge >= 0.3 is 6.03 Å². The Morgan fingerprint density at radius 3 is 2.62 bits per heavy atom. The molecule has 1 aliphatic rings. The van der Waals surface area contributed by atoms with E-state index in [0.717, 1.165) is 0 Å². The third kappa shape index (κ3) is 6.52. The molecule has 0 spiro atoms. The lowest BCUT2D eigenvalue weighted by Gasteiger charge is -2.38. The fourth-order valence-corrected chi connectivity index (χ4v) is 4.27. The molecule has 0 saturated carbocycles. The largest absolute Gasteiger partial charge is 0.485 e. The molecule has 0 aliphatic carbocycles. The molecule has 3 atom stereocenters. The van der Waals surface area contributed by atoms with Gasteiger partial charge in [0.25, 0.3) is 11.8 Å². The zero-order chi connectivity index (χ0) is 28.8. The molecule has 3 aromatic rings. The normalized spacial score (nSPS) is 17.5. The monoisotopic (exact) mass is 550 g/mol. The molecule has 40 heavy (non-hydrogen) atoms. The van der Waals surface area contributed by atoms with Gasteiger partial charge in [-0.25, -0.2) is 14.2 Å². The number of nitrogens with one attached hydrogen (secondary N) is 2. The molecule has 1 aliphatic heterocycles. The third-order valence-corrected chi connectivity index (χ3v) is 6.63. The Kier molecular flexibility index (Phi) is 8.90. The second-order valence-electron chi connectivity index (χ2n) is 9.67. The van der Waals surface area contributed by atoms with E-state index < -0.39 is 29.9 Å². The lowest BCUT2D eigenvalue weighted by Crippen LogP contribution is -2.50. The first kappa shape index (κ1) is 28.4. The van der Waals surface area contributed by atoms with Crippen molar-refractivity contribution in [1.29, 1.82) is 0 Å². The highest BCUT2D eigenvalue weighted by atomic mass is 19.1. The van der Waals surface area contributed by atoms with Crippen molar-refractivity contribution in [3.8, 4) is 5.75 Å². The van der Waals surface area contributed by atoms with Crippen molar-refractivity contribution in [3.05, 3.63) is 78.1 Å². The Bertz CT molecular complexity index is 1360. The number of aliphatic hydroxyl groups is 1. The van der Waals surface area contributed by atoms with Crippen LogP contribution in [0.4, 0.5) is 20.6 Å². The topological polar surface area (TPSA) is 137 Å². The van der Waals surface area contributed by atoms with Crippen molar-refractivity contribution in [1.82, 2.24) is 19.8 Å². The van der Waals surface area contributed by atoms with Crippen LogP contribution in [0.1, 0.15) is 34.7 Å². The minimum atomic E-state index is -0.612. The van der Waals surface area contributed by atoms with Gasteiger partial charge in [0.1, 0.15) is 17.6 Å². The molecule has 1 aromatic heterocycles. The van der Waals surface area contributed by atoms with Crippen molar-refractivity contribution < 1.29 is 28.6 Å². The molecule has 11 nitrogen and oxygen atoms in total. The predicted molar refractivity (Wildman–Crippen MR) is 146 cm³/mol. The molecule has 2 aromatic carbocycles. The number of fused-ring (bicyclic) bond motifs is 1. The Hall–Kier alpha value is -4.58. The first-order valence-corrected chi connectivity index (χ1v) is 12.7. The number of likely N-dealkylation sites (N-methyl/N-ethyl adjacent to an activating group) is 1. The maximum Gasteiger partial charge on any atom is 0.321 e. The zero-order valence-corrected chi connectivity index (χ0v) is 22.4. The van der Waals surface area contributed by atoms with E-state index in [4.69, 9.17) is 4.74 Å². The van der Waals surface area contributed by atoms with Crippen LogP contribution < -0.4 is 15.4 Å². The van der Waals surface area contributed by atoms with E-state index >= 15 is 0 Å². The highest BCUT2D eigenvalue weighted by Crippen LogP contribution is 2.35. The number of halogens is 1. The number of benzene rings is 2. The summed E-state index contributed by atoms with van der Waals surface area (Å²) < 4.78 is 19.7. The molecule has 0 bridgehead atoms. The average molecular weight is 551 g/mol. The van der Waals surface area contributed by atoms with Gasteiger partial charge in [0.2, 0.25) is 0 Å². The van der Waals surface area contributed by atoms with Crippen LogP contribution in [0.3, 0.4) is 0 Å². The summed E-state index contributed by atoms with van der Waals surface area (Å²) in [5.41, 5.74) is 0.955. The summed E-state index contributed by atoms with van der Waals surface area (Å²) >= 11 is 0. The molecule has 4 amide bonds. The number of nitrogens with zero attached hydrogens (tertiary/aromatic N) is 4. The maximum absolute atomic E-state index is 13.6. The first-order valence-electron chi connectivity index (χ1n) is 12.7. The van der Waals surface area contributed by atoms with E-state index in [9.17, 15) is 23.9 Å². The van der Waals surface area contributed by atoms with Gasteiger partial charge in [0.05, 0.1) is 36.6 Å². The standard InChI is InChI=1S/C28H31FN6O5/c1-17-14-35(18(2)16-36)27(38)21-5-4-6-22(33-26(37)23-13-30-11-12-31-23)25(21)40-24(17)15-34(3)28(39)32-20-9-7-19(29)8-10-20/h4-13,17-18,24,36H,14-16H2,1-3H3,(H,32,39)(H,33,37)/t17-,18-,24-/m1/s1. The number of ether oxygens (including phenoxy) is 1. The number of hydrogen-bond acceptors (Lipinski definition) is 7. The summed E-state index contributed by atoms with van der Waals surface area (Å²) in [5, 5.41) is 15.3. The van der Waals surface area contributed by atoms with Crippen LogP contribution in [0, 0.1) is 11.7 Å². The summed E-state index contributed by atoms with van der Waals surface area (Å²) in [6, 6.07) is 9.30. The average Bonchev–Trinajstić information content (AvgIpc) is 2.96. The van der Waals surface area contributed by atoms with Crippen LogP contribution in [0.5, 0.6) is 5.75 Å². The van der Waals surface area contributed by atoms with Crippen LogP contribution in [0.25, 0.3) is 0 Å². The highest BCUT2D eigenvalue weighted by molar-refractivity contribution is 6.06. The van der Waals surface area contributed by atoms with Gasteiger partial charge in [-0.2, -0.15) is 0 Å². The van der Waals surface area contributed by atoms with Crippen LogP contribution in [0.2, 0.25) is 0 Å². The molecular formula is C28H31FN6O5. The van der Waals surface area contributed by atoms with E-state index in [1.54, 1.807) is 37.1 Å². The number of anilines is 2. The maximum atomic E-state index is 13.6. The second-order valence-corrected chi connectivity index (χ2v) is 9.67. The predicted octanol–water partition coefficient (Wildman–Crippen LogP) is 3.25. The first-order chi connectivity index (χ1) is 19.2. The Balaban J connectivity index is 1.64. The number of para-hydroxylation sites is 1. The molecular weight excluding hydrogens is 519 g/mol. The van der Waals surface area contributed by atoms with Gasteiger partial charge in [0, 0.05) is 37.6 Å². The minimum absolute atomic E-state index is 0.0786. The third-order valence-electron chi connectivity index (χ3n) is 6.63. The van der Waals surface area contributed by atoms with Crippen LogP contribution in [0.15, 0.2) is 61.1 Å². The minimum Gasteiger partial charge on any atom is -0.485 e. The fraction of sp³-hybridized carbons (Fsp3) is 0.321. The molecule has 3 N–H and O–H groups in total. The van der Waals surface area contributed by atoms with Gasteiger partial charge in [-0.3, -0.25) is 14.6 Å². The molecule has 4 rings (SSSR count). The molecule has 0 unspecified atom stereocenters. The van der Waals surface area contributed by atoms with E-state index in [2.05, 4.69) is 20.6 Å². The number of aromatic nitrogens is 2. The molecule has 0 saturated heterocycles. The number of urea groups is 1. The van der Waals surface area contributed by atoms with Crippen molar-refractivity contribution >= 4 is 29.2 Å². The summed E-state index contributed by atoms with van der Waals surface area (Å²) in [4.78, 5) is 50.3. The quantitative estimate of drug-likeness (QED) is 0.411. The van der Waals surface area contributed by atoms with Gasteiger partial charge in [-0.1, -0.05) is 13.0 Å². The number of aliphatic hydroxyl groups excluding tert-OH is 1. The van der Waals surface area contributed by atoms with Gasteiger partial charge in [0.15, 0.2) is 5.75 Å². The molecule has 12 heteroatoms. The van der Waals surface area contributed by atoms with Crippen LogP contribution in [-0.4, -0.2) is 81.6 Å². The molecule has 2 heterocycles. The van der Waals surface area contributed by atoms with E-state index in [1.807, 2.05) is 6.92 Å². The zero-order valence-electron chi connectivity index (χ0n) is 22.4. The SMILES string of the molecule is C[C@@H]1CN([C@H](C)CO)C(=O)c2cccc(NC(=O)c3cnccn3)c2O[C@@H]1CN(C)C(=O)Nc1ccc(F)cc1. The molecule has 210 valence electrons. The number of rotatable bonds is 7. The molecule has 0 fully saturated rings. The van der Waals surface area contributed by atoms with E-state index in [0.29, 0.717) is 5.69 Å². The number of amides is 4. The Morgan fingerprint density at radius 1 is 1.20 bits per heavy atom. The summed E-state index contributed by atoms with van der Waals surface area (Å²) in [6.07, 6.45) is 3.54. The van der Waals surface area contributed by atoms with Crippen LogP contribution >= 0.6 is 0 Å². The van der Waals surface area contributed by atoms with Gasteiger partial charge < -0.3 is 30.3 Å². The highest BCUT2D eigenvalue weighted by Gasteiger charge is 2.35. The Morgan fingerprint density at radius 2 is 1.95 bits per heavy atom.